The second kappa shape index (κ2) is 15.6. The number of carbonyl (C=O) groups excluding carboxylic acids is 2. The molecular weight excluding hydrogens is 457 g/mol. The summed E-state index contributed by atoms with van der Waals surface area (Å²) < 4.78 is 41.7. The van der Waals surface area contributed by atoms with Crippen molar-refractivity contribution >= 4 is 12.3 Å². The van der Waals surface area contributed by atoms with Gasteiger partial charge in [0.25, 0.3) is 5.91 Å². The van der Waals surface area contributed by atoms with E-state index in [2.05, 4.69) is 23.6 Å². The first-order valence-corrected chi connectivity index (χ1v) is 11.6. The fourth-order valence-corrected chi connectivity index (χ4v) is 3.04. The standard InChI is InChI=1S/C18H26N2O3.C9H9F3/c1-4-14(3)6-9-16(20-13-21)12-19-18(22)15-7-10-17(11-8-15)23-5-2;1-2-7-4-3-5-8(6-7)9(10,11)12/h4,7-8,10-11,13,16H,5-6,9,12H2,1-3H3,(H,19,22)(H,20,21);3-6H,2H2,1H3/b14-4+;/t16-;/m0./s1. The summed E-state index contributed by atoms with van der Waals surface area (Å²) in [5.74, 6) is 0.583. The zero-order valence-corrected chi connectivity index (χ0v) is 20.7. The normalized spacial score (nSPS) is 12.1. The van der Waals surface area contributed by atoms with E-state index in [1.807, 2.05) is 20.8 Å². The van der Waals surface area contributed by atoms with Crippen LogP contribution in [0, 0.1) is 0 Å². The van der Waals surface area contributed by atoms with Crippen LogP contribution in [-0.4, -0.2) is 31.5 Å². The summed E-state index contributed by atoms with van der Waals surface area (Å²) in [7, 11) is 0. The molecule has 1 atom stereocenters. The van der Waals surface area contributed by atoms with Crippen molar-refractivity contribution in [2.75, 3.05) is 13.2 Å². The minimum absolute atomic E-state index is 0.0750. The largest absolute Gasteiger partial charge is 0.494 e. The third-order valence-corrected chi connectivity index (χ3v) is 5.28. The van der Waals surface area contributed by atoms with Gasteiger partial charge in [-0.1, -0.05) is 36.8 Å². The molecule has 0 fully saturated rings. The van der Waals surface area contributed by atoms with E-state index in [0.717, 1.165) is 24.7 Å². The minimum atomic E-state index is -4.22. The molecule has 0 spiro atoms. The van der Waals surface area contributed by atoms with Crippen LogP contribution in [0.4, 0.5) is 13.2 Å². The van der Waals surface area contributed by atoms with Crippen molar-refractivity contribution in [3.63, 3.8) is 0 Å². The van der Waals surface area contributed by atoms with Crippen LogP contribution in [0.2, 0.25) is 0 Å². The van der Waals surface area contributed by atoms with Crippen molar-refractivity contribution in [2.24, 2.45) is 0 Å². The van der Waals surface area contributed by atoms with Crippen LogP contribution in [0.3, 0.4) is 0 Å². The summed E-state index contributed by atoms with van der Waals surface area (Å²) in [5, 5.41) is 5.61. The fourth-order valence-electron chi connectivity index (χ4n) is 3.04. The molecule has 0 unspecified atom stereocenters. The summed E-state index contributed by atoms with van der Waals surface area (Å²) in [4.78, 5) is 22.8. The van der Waals surface area contributed by atoms with Crippen LogP contribution < -0.4 is 15.4 Å². The molecule has 2 aromatic carbocycles. The maximum Gasteiger partial charge on any atom is 0.416 e. The van der Waals surface area contributed by atoms with Crippen LogP contribution in [0.5, 0.6) is 5.75 Å². The van der Waals surface area contributed by atoms with Gasteiger partial charge < -0.3 is 15.4 Å². The van der Waals surface area contributed by atoms with Gasteiger partial charge >= 0.3 is 6.18 Å². The van der Waals surface area contributed by atoms with Gasteiger partial charge in [-0.05, 0) is 75.9 Å². The van der Waals surface area contributed by atoms with Gasteiger partial charge in [-0.2, -0.15) is 13.2 Å². The highest BCUT2D eigenvalue weighted by molar-refractivity contribution is 5.94. The number of halogens is 3. The number of ether oxygens (including phenoxy) is 1. The minimum Gasteiger partial charge on any atom is -0.494 e. The van der Waals surface area contributed by atoms with Crippen molar-refractivity contribution in [2.45, 2.75) is 59.2 Å². The molecule has 0 aromatic heterocycles. The molecule has 192 valence electrons. The van der Waals surface area contributed by atoms with Gasteiger partial charge in [0.05, 0.1) is 12.2 Å². The Kier molecular flexibility index (Phi) is 13.2. The van der Waals surface area contributed by atoms with Crippen LogP contribution >= 0.6 is 0 Å². The van der Waals surface area contributed by atoms with Crippen LogP contribution in [0.15, 0.2) is 60.2 Å². The molecule has 8 heteroatoms. The SMILES string of the molecule is C/C=C(\C)CC[C@@H](CNC(=O)c1ccc(OCC)cc1)NC=O.CCc1cccc(C(F)(F)F)c1. The Morgan fingerprint density at radius 2 is 1.80 bits per heavy atom. The number of benzene rings is 2. The van der Waals surface area contributed by atoms with E-state index in [-0.39, 0.29) is 11.9 Å². The van der Waals surface area contributed by atoms with Crippen molar-refractivity contribution in [3.8, 4) is 5.75 Å². The molecule has 0 aliphatic heterocycles. The lowest BCUT2D eigenvalue weighted by molar-refractivity contribution is -0.137. The summed E-state index contributed by atoms with van der Waals surface area (Å²) in [6, 6.07) is 12.3. The number of carbonyl (C=O) groups is 2. The Labute approximate surface area is 205 Å². The number of allylic oxidation sites excluding steroid dienone is 2. The molecule has 0 aliphatic carbocycles. The smallest absolute Gasteiger partial charge is 0.416 e. The van der Waals surface area contributed by atoms with Crippen LogP contribution in [0.25, 0.3) is 0 Å². The molecule has 0 radical (unpaired) electrons. The van der Waals surface area contributed by atoms with Gasteiger partial charge in [0.1, 0.15) is 5.75 Å². The van der Waals surface area contributed by atoms with E-state index in [1.165, 1.54) is 17.7 Å². The number of aryl methyl sites for hydroxylation is 1. The van der Waals surface area contributed by atoms with E-state index in [1.54, 1.807) is 30.3 Å². The lowest BCUT2D eigenvalue weighted by Crippen LogP contribution is -2.40. The van der Waals surface area contributed by atoms with E-state index in [4.69, 9.17) is 4.74 Å². The topological polar surface area (TPSA) is 67.4 Å². The first kappa shape index (κ1) is 29.7. The third kappa shape index (κ3) is 11.6. The molecule has 2 amide bonds. The van der Waals surface area contributed by atoms with Crippen molar-refractivity contribution in [3.05, 3.63) is 76.9 Å². The number of hydrogen-bond acceptors (Lipinski definition) is 3. The molecule has 35 heavy (non-hydrogen) atoms. The molecule has 0 saturated heterocycles. The Hall–Kier alpha value is -3.29. The highest BCUT2D eigenvalue weighted by atomic mass is 19.4. The fraction of sp³-hybridized carbons (Fsp3) is 0.407. The molecule has 5 nitrogen and oxygen atoms in total. The average Bonchev–Trinajstić information content (AvgIpc) is 2.85. The molecule has 0 heterocycles. The van der Waals surface area contributed by atoms with E-state index < -0.39 is 11.7 Å². The van der Waals surface area contributed by atoms with Crippen molar-refractivity contribution < 1.29 is 27.5 Å². The molecule has 0 aliphatic rings. The predicted octanol–water partition coefficient (Wildman–Crippen LogP) is 5.94. The Morgan fingerprint density at radius 3 is 2.34 bits per heavy atom. The van der Waals surface area contributed by atoms with E-state index in [0.29, 0.717) is 37.1 Å². The van der Waals surface area contributed by atoms with Gasteiger partial charge in [-0.15, -0.1) is 0 Å². The highest BCUT2D eigenvalue weighted by Crippen LogP contribution is 2.29. The third-order valence-electron chi connectivity index (χ3n) is 5.28. The number of hydrogen-bond donors (Lipinski definition) is 2. The second-order valence-corrected chi connectivity index (χ2v) is 7.87. The number of nitrogens with one attached hydrogen (secondary N) is 2. The number of amides is 2. The molecule has 2 aromatic rings. The first-order chi connectivity index (χ1) is 16.6. The molecular formula is C27H35F3N2O3. The summed E-state index contributed by atoms with van der Waals surface area (Å²) >= 11 is 0. The number of alkyl halides is 3. The van der Waals surface area contributed by atoms with Crippen molar-refractivity contribution in [1.29, 1.82) is 0 Å². The van der Waals surface area contributed by atoms with E-state index in [9.17, 15) is 22.8 Å². The average molecular weight is 493 g/mol. The summed E-state index contributed by atoms with van der Waals surface area (Å²) in [5.41, 5.74) is 1.98. The summed E-state index contributed by atoms with van der Waals surface area (Å²) in [6.07, 6.45) is 0.823. The zero-order chi connectivity index (χ0) is 26.3. The molecule has 2 rings (SSSR count). The Bertz CT molecular complexity index is 941. The Morgan fingerprint density at radius 1 is 1.11 bits per heavy atom. The lowest BCUT2D eigenvalue weighted by Gasteiger charge is -2.17. The quantitative estimate of drug-likeness (QED) is 0.301. The number of rotatable bonds is 11. The summed E-state index contributed by atoms with van der Waals surface area (Å²) in [6.45, 7) is 8.78. The van der Waals surface area contributed by atoms with Gasteiger partial charge in [0.2, 0.25) is 6.41 Å². The molecule has 2 N–H and O–H groups in total. The molecule has 0 bridgehead atoms. The van der Waals surface area contributed by atoms with Gasteiger partial charge in [0, 0.05) is 18.2 Å². The van der Waals surface area contributed by atoms with Crippen molar-refractivity contribution in [1.82, 2.24) is 10.6 Å². The maximum atomic E-state index is 12.1. The first-order valence-electron chi connectivity index (χ1n) is 11.6. The van der Waals surface area contributed by atoms with Crippen LogP contribution in [-0.2, 0) is 17.4 Å². The monoisotopic (exact) mass is 492 g/mol. The lowest BCUT2D eigenvalue weighted by atomic mass is 10.1. The van der Waals surface area contributed by atoms with Gasteiger partial charge in [-0.3, -0.25) is 9.59 Å². The maximum absolute atomic E-state index is 12.1. The predicted molar refractivity (Wildman–Crippen MR) is 132 cm³/mol. The van der Waals surface area contributed by atoms with Crippen LogP contribution in [0.1, 0.15) is 62.0 Å². The van der Waals surface area contributed by atoms with Gasteiger partial charge in [-0.25, -0.2) is 0 Å². The zero-order valence-electron chi connectivity index (χ0n) is 20.7. The highest BCUT2D eigenvalue weighted by Gasteiger charge is 2.30. The van der Waals surface area contributed by atoms with Gasteiger partial charge in [0.15, 0.2) is 0 Å². The van der Waals surface area contributed by atoms with E-state index >= 15 is 0 Å². The molecule has 0 saturated carbocycles. The Balaban J connectivity index is 0.000000427. The second-order valence-electron chi connectivity index (χ2n) is 7.87.